The molecule has 0 bridgehead atoms. The van der Waals surface area contributed by atoms with E-state index in [1.54, 1.807) is 6.07 Å². The van der Waals surface area contributed by atoms with Crippen LogP contribution in [0.5, 0.6) is 0 Å². The number of hydrogen-bond acceptors (Lipinski definition) is 1. The van der Waals surface area contributed by atoms with E-state index in [0.29, 0.717) is 16.6 Å². The molecule has 2 aromatic rings. The van der Waals surface area contributed by atoms with Gasteiger partial charge in [0.25, 0.3) is 0 Å². The van der Waals surface area contributed by atoms with Crippen LogP contribution in [-0.4, -0.2) is 10.8 Å². The molecule has 0 aliphatic heterocycles. The van der Waals surface area contributed by atoms with Crippen LogP contribution in [0.1, 0.15) is 17.4 Å². The molecule has 1 heterocycles. The summed E-state index contributed by atoms with van der Waals surface area (Å²) in [5.74, 6) is -0.564. The Morgan fingerprint density at radius 1 is 1.43 bits per heavy atom. The molecule has 1 aromatic heterocycles. The fourth-order valence-corrected chi connectivity index (χ4v) is 1.48. The molecular formula is C10H7ClFNO. The fourth-order valence-electron chi connectivity index (χ4n) is 1.32. The molecule has 1 aromatic carbocycles. The molecule has 72 valence electrons. The summed E-state index contributed by atoms with van der Waals surface area (Å²) in [6.07, 6.45) is 0. The average Bonchev–Trinajstić information content (AvgIpc) is 2.48. The predicted molar refractivity (Wildman–Crippen MR) is 53.3 cm³/mol. The topological polar surface area (TPSA) is 32.9 Å². The summed E-state index contributed by atoms with van der Waals surface area (Å²) in [6.45, 7) is 1.45. The molecule has 0 aliphatic rings. The summed E-state index contributed by atoms with van der Waals surface area (Å²) in [4.78, 5) is 13.9. The molecular weight excluding hydrogens is 205 g/mol. The first-order valence-corrected chi connectivity index (χ1v) is 4.44. The summed E-state index contributed by atoms with van der Waals surface area (Å²) in [5.41, 5.74) is 1.13. The Morgan fingerprint density at radius 2 is 2.14 bits per heavy atom. The SMILES string of the molecule is CC(=O)c1cc2cc(F)c(Cl)cc2[nH]1. The number of aromatic amines is 1. The highest BCUT2D eigenvalue weighted by molar-refractivity contribution is 6.31. The maximum atomic E-state index is 13.0. The van der Waals surface area contributed by atoms with Crippen molar-refractivity contribution in [3.8, 4) is 0 Å². The number of nitrogens with one attached hydrogen (secondary N) is 1. The number of hydrogen-bond donors (Lipinski definition) is 1. The van der Waals surface area contributed by atoms with Crippen LogP contribution in [0.2, 0.25) is 5.02 Å². The van der Waals surface area contributed by atoms with Gasteiger partial charge >= 0.3 is 0 Å². The lowest BCUT2D eigenvalue weighted by atomic mass is 10.2. The Kier molecular flexibility index (Phi) is 2.04. The van der Waals surface area contributed by atoms with Crippen LogP contribution in [0.4, 0.5) is 4.39 Å². The van der Waals surface area contributed by atoms with Crippen molar-refractivity contribution in [1.82, 2.24) is 4.98 Å². The lowest BCUT2D eigenvalue weighted by Gasteiger charge is -1.93. The Labute approximate surface area is 84.7 Å². The van der Waals surface area contributed by atoms with Crippen LogP contribution in [0.25, 0.3) is 10.9 Å². The Balaban J connectivity index is 2.72. The van der Waals surface area contributed by atoms with Gasteiger partial charge in [0.2, 0.25) is 0 Å². The number of carbonyl (C=O) groups is 1. The predicted octanol–water partition coefficient (Wildman–Crippen LogP) is 3.16. The van der Waals surface area contributed by atoms with E-state index in [9.17, 15) is 9.18 Å². The van der Waals surface area contributed by atoms with Crippen LogP contribution < -0.4 is 0 Å². The summed E-state index contributed by atoms with van der Waals surface area (Å²) < 4.78 is 13.0. The van der Waals surface area contributed by atoms with Crippen LogP contribution in [0.15, 0.2) is 18.2 Å². The first-order valence-electron chi connectivity index (χ1n) is 4.06. The third-order valence-corrected chi connectivity index (χ3v) is 2.33. The highest BCUT2D eigenvalue weighted by Crippen LogP contribution is 2.23. The quantitative estimate of drug-likeness (QED) is 0.722. The number of halogens is 2. The number of carbonyl (C=O) groups excluding carboxylic acids is 1. The third kappa shape index (κ3) is 1.40. The Morgan fingerprint density at radius 3 is 2.79 bits per heavy atom. The van der Waals surface area contributed by atoms with Gasteiger partial charge in [-0.05, 0) is 18.2 Å². The van der Waals surface area contributed by atoms with E-state index in [-0.39, 0.29) is 10.8 Å². The van der Waals surface area contributed by atoms with Gasteiger partial charge in [-0.25, -0.2) is 4.39 Å². The zero-order valence-corrected chi connectivity index (χ0v) is 8.15. The van der Waals surface area contributed by atoms with E-state index in [1.165, 1.54) is 19.1 Å². The number of H-pyrrole nitrogens is 1. The van der Waals surface area contributed by atoms with E-state index >= 15 is 0 Å². The molecule has 0 amide bonds. The standard InChI is InChI=1S/C10H7ClFNO/c1-5(14)9-3-6-2-8(12)7(11)4-10(6)13-9/h2-4,13H,1H3. The van der Waals surface area contributed by atoms with Gasteiger partial charge in [-0.3, -0.25) is 4.79 Å². The zero-order chi connectivity index (χ0) is 10.3. The summed E-state index contributed by atoms with van der Waals surface area (Å²) in [5, 5.41) is 0.701. The second kappa shape index (κ2) is 3.10. The largest absolute Gasteiger partial charge is 0.352 e. The van der Waals surface area contributed by atoms with Crippen LogP contribution in [0.3, 0.4) is 0 Å². The minimum absolute atomic E-state index is 0.0504. The summed E-state index contributed by atoms with van der Waals surface area (Å²) >= 11 is 5.60. The van der Waals surface area contributed by atoms with Gasteiger partial charge in [0.05, 0.1) is 10.7 Å². The molecule has 0 unspecified atom stereocenters. The highest BCUT2D eigenvalue weighted by Gasteiger charge is 2.07. The van der Waals surface area contributed by atoms with Crippen molar-refractivity contribution in [2.45, 2.75) is 6.92 Å². The van der Waals surface area contributed by atoms with E-state index in [1.807, 2.05) is 0 Å². The normalized spacial score (nSPS) is 10.8. The first-order chi connectivity index (χ1) is 6.58. The number of rotatable bonds is 1. The van der Waals surface area contributed by atoms with Crippen molar-refractivity contribution < 1.29 is 9.18 Å². The second-order valence-electron chi connectivity index (χ2n) is 3.09. The first kappa shape index (κ1) is 9.21. The number of ketones is 1. The molecule has 4 heteroatoms. The van der Waals surface area contributed by atoms with Crippen molar-refractivity contribution >= 4 is 28.3 Å². The molecule has 0 aliphatic carbocycles. The van der Waals surface area contributed by atoms with E-state index in [4.69, 9.17) is 11.6 Å². The van der Waals surface area contributed by atoms with E-state index in [0.717, 1.165) is 0 Å². The maximum Gasteiger partial charge on any atom is 0.175 e. The zero-order valence-electron chi connectivity index (χ0n) is 7.40. The average molecular weight is 212 g/mol. The van der Waals surface area contributed by atoms with Gasteiger partial charge < -0.3 is 4.98 Å². The van der Waals surface area contributed by atoms with Gasteiger partial charge in [0.1, 0.15) is 5.82 Å². The summed E-state index contributed by atoms with van der Waals surface area (Å²) in [7, 11) is 0. The van der Waals surface area contributed by atoms with Crippen LogP contribution in [-0.2, 0) is 0 Å². The third-order valence-electron chi connectivity index (χ3n) is 2.04. The van der Waals surface area contributed by atoms with Gasteiger partial charge in [-0.1, -0.05) is 11.6 Å². The fraction of sp³-hybridized carbons (Fsp3) is 0.100. The lowest BCUT2D eigenvalue weighted by Crippen LogP contribution is -1.89. The molecule has 0 saturated heterocycles. The molecule has 2 rings (SSSR count). The second-order valence-corrected chi connectivity index (χ2v) is 3.50. The van der Waals surface area contributed by atoms with Gasteiger partial charge in [0.15, 0.2) is 5.78 Å². The molecule has 0 atom stereocenters. The number of Topliss-reactive ketones (excluding diaryl/α,β-unsaturated/α-hetero) is 1. The van der Waals surface area contributed by atoms with Crippen molar-refractivity contribution in [3.63, 3.8) is 0 Å². The molecule has 14 heavy (non-hydrogen) atoms. The van der Waals surface area contributed by atoms with Crippen LogP contribution in [0, 0.1) is 5.82 Å². The monoisotopic (exact) mass is 211 g/mol. The highest BCUT2D eigenvalue weighted by atomic mass is 35.5. The van der Waals surface area contributed by atoms with Crippen molar-refractivity contribution in [3.05, 3.63) is 34.7 Å². The molecule has 0 radical (unpaired) electrons. The maximum absolute atomic E-state index is 13.0. The van der Waals surface area contributed by atoms with E-state index < -0.39 is 5.82 Å². The smallest absolute Gasteiger partial charge is 0.175 e. The Bertz CT molecular complexity index is 479. The number of aromatic nitrogens is 1. The summed E-state index contributed by atoms with van der Waals surface area (Å²) in [6, 6.07) is 4.39. The molecule has 1 N–H and O–H groups in total. The van der Waals surface area contributed by atoms with Gasteiger partial charge in [-0.15, -0.1) is 0 Å². The minimum atomic E-state index is -0.478. The van der Waals surface area contributed by atoms with E-state index in [2.05, 4.69) is 4.98 Å². The van der Waals surface area contributed by atoms with Crippen LogP contribution >= 0.6 is 11.6 Å². The van der Waals surface area contributed by atoms with Crippen molar-refractivity contribution in [1.29, 1.82) is 0 Å². The lowest BCUT2D eigenvalue weighted by molar-refractivity contribution is 0.101. The Hall–Kier alpha value is -1.35. The molecule has 0 fully saturated rings. The van der Waals surface area contributed by atoms with Crippen molar-refractivity contribution in [2.75, 3.05) is 0 Å². The molecule has 2 nitrogen and oxygen atoms in total. The van der Waals surface area contributed by atoms with Gasteiger partial charge in [0, 0.05) is 17.8 Å². The van der Waals surface area contributed by atoms with Gasteiger partial charge in [-0.2, -0.15) is 0 Å². The molecule has 0 saturated carbocycles. The van der Waals surface area contributed by atoms with Crippen molar-refractivity contribution in [2.24, 2.45) is 0 Å². The number of fused-ring (bicyclic) bond motifs is 1. The number of benzene rings is 1. The minimum Gasteiger partial charge on any atom is -0.352 e. The molecule has 0 spiro atoms.